The van der Waals surface area contributed by atoms with Gasteiger partial charge in [0.25, 0.3) is 0 Å². The number of thiazole rings is 1. The van der Waals surface area contributed by atoms with Crippen LogP contribution >= 0.6 is 11.3 Å². The lowest BCUT2D eigenvalue weighted by molar-refractivity contribution is 0.102. The molecule has 3 rings (SSSR count). The first-order valence-electron chi connectivity index (χ1n) is 7.39. The zero-order valence-electron chi connectivity index (χ0n) is 11.8. The van der Waals surface area contributed by atoms with E-state index in [1.165, 1.54) is 38.6 Å². The molecule has 0 radical (unpaired) electrons. The summed E-state index contributed by atoms with van der Waals surface area (Å²) in [4.78, 5) is 19.9. The number of nitrogens with zero attached hydrogens (tertiary/aromatic N) is 2. The molecule has 104 valence electrons. The van der Waals surface area contributed by atoms with Gasteiger partial charge in [0.15, 0.2) is 5.78 Å². The van der Waals surface area contributed by atoms with Crippen LogP contribution in [0.3, 0.4) is 0 Å². The van der Waals surface area contributed by atoms with Gasteiger partial charge in [-0.25, -0.2) is 4.98 Å². The molecule has 2 fully saturated rings. The lowest BCUT2D eigenvalue weighted by Gasteiger charge is -2.32. The molecule has 2 aliphatic rings. The molecule has 0 aromatic carbocycles. The van der Waals surface area contributed by atoms with Crippen LogP contribution < -0.4 is 0 Å². The molecule has 1 aliphatic heterocycles. The maximum atomic E-state index is 11.7. The lowest BCUT2D eigenvalue weighted by atomic mass is 10.0. The van der Waals surface area contributed by atoms with Crippen molar-refractivity contribution in [2.45, 2.75) is 64.5 Å². The third-order valence-corrected chi connectivity index (χ3v) is 5.42. The number of hydrogen-bond donors (Lipinski definition) is 0. The molecule has 4 heteroatoms. The van der Waals surface area contributed by atoms with Crippen molar-refractivity contribution in [3.63, 3.8) is 0 Å². The van der Waals surface area contributed by atoms with Crippen molar-refractivity contribution in [1.82, 2.24) is 9.88 Å². The van der Waals surface area contributed by atoms with Gasteiger partial charge in [-0.15, -0.1) is 11.3 Å². The summed E-state index contributed by atoms with van der Waals surface area (Å²) in [5.41, 5.74) is 1.09. The molecular weight excluding hydrogens is 256 g/mol. The predicted molar refractivity (Wildman–Crippen MR) is 77.8 cm³/mol. The van der Waals surface area contributed by atoms with Crippen molar-refractivity contribution in [2.24, 2.45) is 0 Å². The molecule has 0 N–H and O–H groups in total. The van der Waals surface area contributed by atoms with Gasteiger partial charge in [-0.05, 0) is 39.2 Å². The molecule has 1 aromatic rings. The van der Waals surface area contributed by atoms with Gasteiger partial charge in [0.05, 0.1) is 17.1 Å². The number of carbonyl (C=O) groups excluding carboxylic acids is 1. The summed E-state index contributed by atoms with van der Waals surface area (Å²) in [6.45, 7) is 6.08. The summed E-state index contributed by atoms with van der Waals surface area (Å²) in [6.07, 6.45) is 6.36. The Morgan fingerprint density at radius 2 is 2.16 bits per heavy atom. The van der Waals surface area contributed by atoms with Crippen molar-refractivity contribution >= 4 is 17.1 Å². The zero-order valence-corrected chi connectivity index (χ0v) is 12.6. The molecule has 1 aromatic heterocycles. The van der Waals surface area contributed by atoms with Gasteiger partial charge < -0.3 is 0 Å². The van der Waals surface area contributed by atoms with E-state index in [1.807, 2.05) is 0 Å². The summed E-state index contributed by atoms with van der Waals surface area (Å²) in [7, 11) is 0. The Hall–Kier alpha value is -0.740. The molecule has 1 atom stereocenters. The molecule has 1 saturated carbocycles. The van der Waals surface area contributed by atoms with E-state index in [-0.39, 0.29) is 5.78 Å². The topological polar surface area (TPSA) is 33.2 Å². The first-order valence-corrected chi connectivity index (χ1v) is 8.21. The number of rotatable bonds is 4. The number of piperidine rings is 1. The van der Waals surface area contributed by atoms with Crippen molar-refractivity contribution in [2.75, 3.05) is 6.54 Å². The smallest absolute Gasteiger partial charge is 0.171 e. The summed E-state index contributed by atoms with van der Waals surface area (Å²) >= 11 is 1.63. The normalized spacial score (nSPS) is 24.6. The van der Waals surface area contributed by atoms with Gasteiger partial charge in [-0.2, -0.15) is 0 Å². The number of likely N-dealkylation sites (tertiary alicyclic amines) is 1. The largest absolute Gasteiger partial charge is 0.294 e. The fraction of sp³-hybridized carbons (Fsp3) is 0.733. The molecule has 1 aliphatic carbocycles. The maximum Gasteiger partial charge on any atom is 0.171 e. The Kier molecular flexibility index (Phi) is 3.72. The van der Waals surface area contributed by atoms with E-state index in [1.54, 1.807) is 18.3 Å². The zero-order chi connectivity index (χ0) is 13.4. The van der Waals surface area contributed by atoms with Gasteiger partial charge >= 0.3 is 0 Å². The molecule has 1 saturated heterocycles. The van der Waals surface area contributed by atoms with Crippen LogP contribution in [0.15, 0.2) is 0 Å². The highest BCUT2D eigenvalue weighted by atomic mass is 32.1. The third-order valence-electron chi connectivity index (χ3n) is 4.26. The fourth-order valence-electron chi connectivity index (χ4n) is 2.90. The minimum absolute atomic E-state index is 0.192. The molecular formula is C15H22N2OS. The highest BCUT2D eigenvalue weighted by Gasteiger charge is 2.31. The van der Waals surface area contributed by atoms with Crippen LogP contribution in [0, 0.1) is 0 Å². The monoisotopic (exact) mass is 278 g/mol. The van der Waals surface area contributed by atoms with Gasteiger partial charge in [0.1, 0.15) is 5.01 Å². The minimum Gasteiger partial charge on any atom is -0.294 e. The second kappa shape index (κ2) is 5.33. The van der Waals surface area contributed by atoms with E-state index >= 15 is 0 Å². The van der Waals surface area contributed by atoms with Crippen molar-refractivity contribution < 1.29 is 4.79 Å². The number of aromatic nitrogens is 1. The standard InChI is InChI=1S/C15H22N2OS/c1-10-5-3-4-8-17(10)9-13-16-14(12-6-7-12)15(19-13)11(2)18/h10,12H,3-9H2,1-2H3. The summed E-state index contributed by atoms with van der Waals surface area (Å²) in [6, 6.07) is 0.655. The second-order valence-electron chi connectivity index (χ2n) is 5.97. The van der Waals surface area contributed by atoms with E-state index in [9.17, 15) is 4.79 Å². The van der Waals surface area contributed by atoms with E-state index in [4.69, 9.17) is 4.98 Å². The van der Waals surface area contributed by atoms with Crippen LogP contribution in [0.5, 0.6) is 0 Å². The summed E-state index contributed by atoms with van der Waals surface area (Å²) in [5, 5.41) is 1.14. The SMILES string of the molecule is CC(=O)c1sc(CN2CCCCC2C)nc1C1CC1. The van der Waals surface area contributed by atoms with E-state index in [2.05, 4.69) is 11.8 Å². The Morgan fingerprint density at radius 3 is 2.79 bits per heavy atom. The quantitative estimate of drug-likeness (QED) is 0.789. The van der Waals surface area contributed by atoms with Gasteiger partial charge in [-0.3, -0.25) is 9.69 Å². The molecule has 0 spiro atoms. The summed E-state index contributed by atoms with van der Waals surface area (Å²) < 4.78 is 0. The Bertz CT molecular complexity index is 478. The Morgan fingerprint density at radius 1 is 1.37 bits per heavy atom. The Balaban J connectivity index is 1.77. The minimum atomic E-state index is 0.192. The van der Waals surface area contributed by atoms with Crippen LogP contribution in [-0.2, 0) is 6.54 Å². The average molecular weight is 278 g/mol. The second-order valence-corrected chi connectivity index (χ2v) is 7.05. The number of ketones is 1. The average Bonchev–Trinajstić information content (AvgIpc) is 3.13. The van der Waals surface area contributed by atoms with Crippen LogP contribution in [0.2, 0.25) is 0 Å². The highest BCUT2D eigenvalue weighted by molar-refractivity contribution is 7.13. The fourth-order valence-corrected chi connectivity index (χ4v) is 3.97. The Labute approximate surface area is 119 Å². The van der Waals surface area contributed by atoms with Crippen LogP contribution in [0.1, 0.15) is 72.2 Å². The molecule has 1 unspecified atom stereocenters. The van der Waals surface area contributed by atoms with E-state index in [0.717, 1.165) is 22.1 Å². The van der Waals surface area contributed by atoms with Gasteiger partial charge in [0, 0.05) is 18.9 Å². The van der Waals surface area contributed by atoms with E-state index in [0.29, 0.717) is 12.0 Å². The van der Waals surface area contributed by atoms with Crippen LogP contribution in [0.4, 0.5) is 0 Å². The van der Waals surface area contributed by atoms with Crippen molar-refractivity contribution in [1.29, 1.82) is 0 Å². The van der Waals surface area contributed by atoms with Crippen molar-refractivity contribution in [3.05, 3.63) is 15.6 Å². The number of hydrogen-bond acceptors (Lipinski definition) is 4. The highest BCUT2D eigenvalue weighted by Crippen LogP contribution is 2.43. The first-order chi connectivity index (χ1) is 9.15. The molecule has 2 heterocycles. The van der Waals surface area contributed by atoms with Gasteiger partial charge in [-0.1, -0.05) is 6.42 Å². The summed E-state index contributed by atoms with van der Waals surface area (Å²) in [5.74, 6) is 0.764. The number of Topliss-reactive ketones (excluding diaryl/α,β-unsaturated/α-hetero) is 1. The van der Waals surface area contributed by atoms with Crippen molar-refractivity contribution in [3.8, 4) is 0 Å². The van der Waals surface area contributed by atoms with Crippen LogP contribution in [0.25, 0.3) is 0 Å². The predicted octanol–water partition coefficient (Wildman–Crippen LogP) is 3.60. The maximum absolute atomic E-state index is 11.7. The van der Waals surface area contributed by atoms with Crippen LogP contribution in [-0.4, -0.2) is 28.3 Å². The molecule has 3 nitrogen and oxygen atoms in total. The third kappa shape index (κ3) is 2.90. The number of carbonyl (C=O) groups is 1. The lowest BCUT2D eigenvalue weighted by Crippen LogP contribution is -2.36. The molecule has 0 amide bonds. The van der Waals surface area contributed by atoms with E-state index < -0.39 is 0 Å². The first kappa shape index (κ1) is 13.3. The molecule has 19 heavy (non-hydrogen) atoms. The molecule has 0 bridgehead atoms. The van der Waals surface area contributed by atoms with Gasteiger partial charge in [0.2, 0.25) is 0 Å².